The van der Waals surface area contributed by atoms with Crippen LogP contribution in [0.15, 0.2) is 41.3 Å². The lowest BCUT2D eigenvalue weighted by atomic mass is 10.1. The van der Waals surface area contributed by atoms with E-state index < -0.39 is 5.97 Å². The third-order valence-electron chi connectivity index (χ3n) is 3.17. The van der Waals surface area contributed by atoms with E-state index in [0.29, 0.717) is 6.42 Å². The Morgan fingerprint density at radius 3 is 2.62 bits per heavy atom. The molecule has 0 unspecified atom stereocenters. The summed E-state index contributed by atoms with van der Waals surface area (Å²) in [5.74, 6) is -1.03. The summed E-state index contributed by atoms with van der Waals surface area (Å²) in [6.07, 6.45) is 2.53. The fourth-order valence-corrected chi connectivity index (χ4v) is 2.72. The highest BCUT2D eigenvalue weighted by Gasteiger charge is 2.11. The lowest BCUT2D eigenvalue weighted by Gasteiger charge is -2.13. The number of carbonyl (C=O) groups excluding carboxylic acids is 1. The number of anilines is 1. The molecule has 0 heterocycles. The predicted molar refractivity (Wildman–Crippen MR) is 85.8 cm³/mol. The maximum Gasteiger partial charge on any atom is 0.303 e. The Kier molecular flexibility index (Phi) is 5.22. The van der Waals surface area contributed by atoms with Crippen molar-refractivity contribution >= 4 is 40.1 Å². The molecule has 0 fully saturated rings. The van der Waals surface area contributed by atoms with Gasteiger partial charge in [0.15, 0.2) is 0 Å². The quantitative estimate of drug-likeness (QED) is 0.797. The number of aliphatic carboxylic acids is 1. The zero-order valence-corrected chi connectivity index (χ0v) is 12.6. The number of nitrogens with one attached hydrogen (secondary N) is 1. The molecule has 0 aromatic heterocycles. The molecule has 0 saturated carbocycles. The van der Waals surface area contributed by atoms with Crippen LogP contribution in [0.1, 0.15) is 19.3 Å². The van der Waals surface area contributed by atoms with E-state index in [2.05, 4.69) is 5.32 Å². The highest BCUT2D eigenvalue weighted by atomic mass is 32.2. The lowest BCUT2D eigenvalue weighted by Crippen LogP contribution is -2.13. The van der Waals surface area contributed by atoms with Crippen LogP contribution in [0.5, 0.6) is 0 Å². The molecule has 2 N–H and O–H groups in total. The van der Waals surface area contributed by atoms with Crippen LogP contribution in [-0.4, -0.2) is 23.2 Å². The maximum atomic E-state index is 12.0. The van der Waals surface area contributed by atoms with Gasteiger partial charge in [0.2, 0.25) is 5.91 Å². The molecule has 0 aliphatic carbocycles. The average Bonchev–Trinajstić information content (AvgIpc) is 2.47. The van der Waals surface area contributed by atoms with Crippen molar-refractivity contribution in [1.29, 1.82) is 0 Å². The standard InChI is InChI=1S/C16H17NO3S/c1-21-13-10-9-11-5-2-3-6-12(11)16(13)17-14(18)7-4-8-15(19)20/h2-3,5-6,9-10H,4,7-8H2,1H3,(H,17,18)(H,19,20). The number of rotatable bonds is 6. The first-order chi connectivity index (χ1) is 10.1. The number of carboxylic acid groups (broad SMARTS) is 1. The second-order valence-electron chi connectivity index (χ2n) is 4.66. The molecule has 0 spiro atoms. The zero-order valence-electron chi connectivity index (χ0n) is 11.8. The molecule has 0 aliphatic rings. The van der Waals surface area contributed by atoms with E-state index in [9.17, 15) is 9.59 Å². The summed E-state index contributed by atoms with van der Waals surface area (Å²) in [5, 5.41) is 13.6. The number of hydrogen-bond donors (Lipinski definition) is 2. The van der Waals surface area contributed by atoms with E-state index in [0.717, 1.165) is 21.4 Å². The average molecular weight is 303 g/mol. The minimum Gasteiger partial charge on any atom is -0.481 e. The molecule has 110 valence electrons. The minimum absolute atomic E-state index is 0.0122. The summed E-state index contributed by atoms with van der Waals surface area (Å²) in [6, 6.07) is 11.9. The van der Waals surface area contributed by atoms with Gasteiger partial charge in [0.25, 0.3) is 0 Å². The molecular weight excluding hydrogens is 286 g/mol. The van der Waals surface area contributed by atoms with E-state index in [-0.39, 0.29) is 18.7 Å². The number of amides is 1. The molecule has 0 aliphatic heterocycles. The van der Waals surface area contributed by atoms with Crippen molar-refractivity contribution in [2.75, 3.05) is 11.6 Å². The Bertz CT molecular complexity index is 670. The van der Waals surface area contributed by atoms with Gasteiger partial charge in [0.1, 0.15) is 0 Å². The zero-order chi connectivity index (χ0) is 15.2. The predicted octanol–water partition coefficient (Wildman–Crippen LogP) is 3.76. The van der Waals surface area contributed by atoms with Gasteiger partial charge in [-0.25, -0.2) is 0 Å². The van der Waals surface area contributed by atoms with Crippen molar-refractivity contribution in [2.45, 2.75) is 24.2 Å². The third kappa shape index (κ3) is 3.98. The fourth-order valence-electron chi connectivity index (χ4n) is 2.15. The molecule has 2 aromatic rings. The molecule has 0 radical (unpaired) electrons. The van der Waals surface area contributed by atoms with Gasteiger partial charge < -0.3 is 10.4 Å². The molecular formula is C16H17NO3S. The number of fused-ring (bicyclic) bond motifs is 1. The van der Waals surface area contributed by atoms with Gasteiger partial charge in [-0.3, -0.25) is 9.59 Å². The maximum absolute atomic E-state index is 12.0. The molecule has 0 bridgehead atoms. The second-order valence-corrected chi connectivity index (χ2v) is 5.51. The van der Waals surface area contributed by atoms with Gasteiger partial charge in [-0.2, -0.15) is 0 Å². The Morgan fingerprint density at radius 2 is 1.90 bits per heavy atom. The van der Waals surface area contributed by atoms with Gasteiger partial charge in [-0.15, -0.1) is 11.8 Å². The first-order valence-corrected chi connectivity index (χ1v) is 7.91. The Labute approximate surface area is 127 Å². The van der Waals surface area contributed by atoms with Crippen LogP contribution in [0.3, 0.4) is 0 Å². The molecule has 2 rings (SSSR count). The summed E-state index contributed by atoms with van der Waals surface area (Å²) in [4.78, 5) is 23.5. The van der Waals surface area contributed by atoms with Crippen molar-refractivity contribution in [3.05, 3.63) is 36.4 Å². The second kappa shape index (κ2) is 7.13. The van der Waals surface area contributed by atoms with Crippen LogP contribution in [0.4, 0.5) is 5.69 Å². The first-order valence-electron chi connectivity index (χ1n) is 6.69. The fraction of sp³-hybridized carbons (Fsp3) is 0.250. The minimum atomic E-state index is -0.877. The van der Waals surface area contributed by atoms with E-state index in [4.69, 9.17) is 5.11 Å². The van der Waals surface area contributed by atoms with Crippen LogP contribution in [-0.2, 0) is 9.59 Å². The van der Waals surface area contributed by atoms with Crippen molar-refractivity contribution in [1.82, 2.24) is 0 Å². The summed E-state index contributed by atoms with van der Waals surface area (Å²) in [5.41, 5.74) is 0.806. The number of thioether (sulfide) groups is 1. The van der Waals surface area contributed by atoms with Gasteiger partial charge in [0, 0.05) is 23.1 Å². The van der Waals surface area contributed by atoms with Crippen LogP contribution in [0.2, 0.25) is 0 Å². The van der Waals surface area contributed by atoms with Gasteiger partial charge in [-0.1, -0.05) is 30.3 Å². The van der Waals surface area contributed by atoms with Crippen molar-refractivity contribution < 1.29 is 14.7 Å². The first kappa shape index (κ1) is 15.4. The molecule has 0 saturated heterocycles. The van der Waals surface area contributed by atoms with E-state index in [1.807, 2.05) is 42.7 Å². The molecule has 1 amide bonds. The number of hydrogen-bond acceptors (Lipinski definition) is 3. The Hall–Kier alpha value is -2.01. The lowest BCUT2D eigenvalue weighted by molar-refractivity contribution is -0.137. The summed E-state index contributed by atoms with van der Waals surface area (Å²) >= 11 is 1.57. The van der Waals surface area contributed by atoms with Crippen LogP contribution in [0.25, 0.3) is 10.8 Å². The van der Waals surface area contributed by atoms with Crippen LogP contribution in [0, 0.1) is 0 Å². The van der Waals surface area contributed by atoms with Crippen LogP contribution >= 0.6 is 11.8 Å². The topological polar surface area (TPSA) is 66.4 Å². The Morgan fingerprint density at radius 1 is 1.14 bits per heavy atom. The van der Waals surface area contributed by atoms with Crippen LogP contribution < -0.4 is 5.32 Å². The SMILES string of the molecule is CSc1ccc2ccccc2c1NC(=O)CCCC(=O)O. The van der Waals surface area contributed by atoms with Crippen molar-refractivity contribution in [2.24, 2.45) is 0 Å². The molecule has 0 atom stereocenters. The van der Waals surface area contributed by atoms with E-state index in [1.54, 1.807) is 11.8 Å². The number of carboxylic acids is 1. The summed E-state index contributed by atoms with van der Waals surface area (Å²) < 4.78 is 0. The molecule has 5 heteroatoms. The smallest absolute Gasteiger partial charge is 0.303 e. The number of carbonyl (C=O) groups is 2. The van der Waals surface area contributed by atoms with Crippen molar-refractivity contribution in [3.8, 4) is 0 Å². The third-order valence-corrected chi connectivity index (χ3v) is 3.95. The summed E-state index contributed by atoms with van der Waals surface area (Å²) in [7, 11) is 0. The highest BCUT2D eigenvalue weighted by molar-refractivity contribution is 7.98. The Balaban J connectivity index is 2.20. The van der Waals surface area contributed by atoms with Gasteiger partial charge in [0.05, 0.1) is 5.69 Å². The number of benzene rings is 2. The monoisotopic (exact) mass is 303 g/mol. The van der Waals surface area contributed by atoms with E-state index >= 15 is 0 Å². The highest BCUT2D eigenvalue weighted by Crippen LogP contribution is 2.33. The van der Waals surface area contributed by atoms with Gasteiger partial charge in [-0.05, 0) is 24.1 Å². The summed E-state index contributed by atoms with van der Waals surface area (Å²) in [6.45, 7) is 0. The van der Waals surface area contributed by atoms with Gasteiger partial charge >= 0.3 is 5.97 Å². The largest absolute Gasteiger partial charge is 0.481 e. The molecule has 4 nitrogen and oxygen atoms in total. The molecule has 2 aromatic carbocycles. The van der Waals surface area contributed by atoms with Crippen molar-refractivity contribution in [3.63, 3.8) is 0 Å². The normalized spacial score (nSPS) is 10.5. The van der Waals surface area contributed by atoms with E-state index in [1.165, 1.54) is 0 Å². The molecule has 21 heavy (non-hydrogen) atoms.